The van der Waals surface area contributed by atoms with Gasteiger partial charge in [-0.2, -0.15) is 0 Å². The zero-order valence-corrected chi connectivity index (χ0v) is 23.1. The van der Waals surface area contributed by atoms with Crippen LogP contribution in [0.3, 0.4) is 0 Å². The number of nitrogens with one attached hydrogen (secondary N) is 2. The number of carbonyl (C=O) groups excluding carboxylic acids is 3. The summed E-state index contributed by atoms with van der Waals surface area (Å²) in [6.45, 7) is 0.737. The van der Waals surface area contributed by atoms with E-state index in [1.54, 1.807) is 36.4 Å². The number of ketones is 1. The van der Waals surface area contributed by atoms with Crippen molar-refractivity contribution in [1.29, 1.82) is 0 Å². The predicted octanol–water partition coefficient (Wildman–Crippen LogP) is 5.37. The number of hydrogen-bond donors (Lipinski definition) is 2. The summed E-state index contributed by atoms with van der Waals surface area (Å²) in [5.41, 5.74) is 3.69. The first kappa shape index (κ1) is 29.6. The van der Waals surface area contributed by atoms with Crippen molar-refractivity contribution in [3.63, 3.8) is 0 Å². The van der Waals surface area contributed by atoms with E-state index in [9.17, 15) is 14.4 Å². The van der Waals surface area contributed by atoms with Gasteiger partial charge in [-0.15, -0.1) is 0 Å². The van der Waals surface area contributed by atoms with Crippen LogP contribution in [0.2, 0.25) is 0 Å². The largest absolute Gasteiger partial charge is 0.484 e. The van der Waals surface area contributed by atoms with Crippen molar-refractivity contribution in [2.75, 3.05) is 13.2 Å². The lowest BCUT2D eigenvalue weighted by atomic mass is 10.1. The third-order valence-corrected chi connectivity index (χ3v) is 6.05. The maximum absolute atomic E-state index is 12.3. The molecule has 0 aliphatic heterocycles. The quantitative estimate of drug-likeness (QED) is 0.202. The molecule has 0 heterocycles. The molecule has 0 fully saturated rings. The number of carbonyl (C=O) groups is 3. The van der Waals surface area contributed by atoms with Crippen LogP contribution < -0.4 is 20.1 Å². The molecule has 0 atom stereocenters. The molecular weight excluding hydrogens is 528 g/mol. The van der Waals surface area contributed by atoms with Crippen LogP contribution >= 0.6 is 0 Å². The minimum Gasteiger partial charge on any atom is -0.484 e. The molecule has 0 unspecified atom stereocenters. The van der Waals surface area contributed by atoms with Crippen molar-refractivity contribution in [3.05, 3.63) is 144 Å². The highest BCUT2D eigenvalue weighted by Gasteiger charge is 2.04. The second-order valence-corrected chi connectivity index (χ2v) is 9.31. The predicted molar refractivity (Wildman–Crippen MR) is 164 cm³/mol. The fraction of sp³-hybridized carbons (Fsp3) is 0.114. The third kappa shape index (κ3) is 10.6. The van der Waals surface area contributed by atoms with Crippen LogP contribution in [0.1, 0.15) is 22.3 Å². The Morgan fingerprint density at radius 2 is 0.905 bits per heavy atom. The Morgan fingerprint density at radius 1 is 0.524 bits per heavy atom. The fourth-order valence-corrected chi connectivity index (χ4v) is 3.76. The van der Waals surface area contributed by atoms with Crippen LogP contribution in [0.4, 0.5) is 0 Å². The van der Waals surface area contributed by atoms with Gasteiger partial charge < -0.3 is 20.1 Å². The van der Waals surface area contributed by atoms with Gasteiger partial charge in [-0.3, -0.25) is 14.4 Å². The number of ether oxygens (including phenoxy) is 2. The normalized spacial score (nSPS) is 10.9. The summed E-state index contributed by atoms with van der Waals surface area (Å²) in [6, 6.07) is 33.6. The van der Waals surface area contributed by atoms with E-state index in [1.165, 1.54) is 12.2 Å². The van der Waals surface area contributed by atoms with Gasteiger partial charge in [0.05, 0.1) is 0 Å². The zero-order chi connectivity index (χ0) is 29.4. The van der Waals surface area contributed by atoms with E-state index >= 15 is 0 Å². The average Bonchev–Trinajstić information content (AvgIpc) is 3.04. The molecule has 0 aliphatic rings. The highest BCUT2D eigenvalue weighted by Crippen LogP contribution is 2.15. The number of benzene rings is 4. The Labute approximate surface area is 245 Å². The number of allylic oxidation sites excluding steroid dienone is 2. The minimum atomic E-state index is -0.204. The van der Waals surface area contributed by atoms with Crippen LogP contribution in [0.15, 0.2) is 121 Å². The SMILES string of the molecule is O=C(/C=C/c1ccc(OCC(=O)NCc2ccccc2)cc1)/C=C/c1ccc(OCC(=O)NCc2ccccc2)cc1. The molecule has 0 aliphatic carbocycles. The van der Waals surface area contributed by atoms with Gasteiger partial charge in [0.15, 0.2) is 19.0 Å². The molecular formula is C35H32N2O5. The molecule has 7 heteroatoms. The van der Waals surface area contributed by atoms with Gasteiger partial charge in [0.1, 0.15) is 11.5 Å². The van der Waals surface area contributed by atoms with Gasteiger partial charge in [-0.05, 0) is 58.7 Å². The van der Waals surface area contributed by atoms with Crippen molar-refractivity contribution in [3.8, 4) is 11.5 Å². The Bertz CT molecular complexity index is 1380. The van der Waals surface area contributed by atoms with Crippen LogP contribution in [0.25, 0.3) is 12.2 Å². The lowest BCUT2D eigenvalue weighted by Gasteiger charge is -2.08. The molecule has 2 amide bonds. The van der Waals surface area contributed by atoms with Crippen LogP contribution in [0.5, 0.6) is 11.5 Å². The van der Waals surface area contributed by atoms with Crippen molar-refractivity contribution in [1.82, 2.24) is 10.6 Å². The molecule has 7 nitrogen and oxygen atoms in total. The van der Waals surface area contributed by atoms with Crippen molar-refractivity contribution >= 4 is 29.7 Å². The Balaban J connectivity index is 1.15. The first-order chi connectivity index (χ1) is 20.5. The monoisotopic (exact) mass is 560 g/mol. The summed E-state index contributed by atoms with van der Waals surface area (Å²) < 4.78 is 11.1. The Kier molecular flexibility index (Phi) is 11.2. The van der Waals surface area contributed by atoms with Gasteiger partial charge in [0, 0.05) is 13.1 Å². The van der Waals surface area contributed by atoms with E-state index in [0.717, 1.165) is 22.3 Å². The molecule has 0 radical (unpaired) electrons. The van der Waals surface area contributed by atoms with Gasteiger partial charge in [-0.25, -0.2) is 0 Å². The Hall–Kier alpha value is -5.43. The maximum Gasteiger partial charge on any atom is 0.258 e. The first-order valence-electron chi connectivity index (χ1n) is 13.5. The van der Waals surface area contributed by atoms with Crippen molar-refractivity contribution in [2.45, 2.75) is 13.1 Å². The second-order valence-electron chi connectivity index (χ2n) is 9.31. The van der Waals surface area contributed by atoms with E-state index in [0.29, 0.717) is 24.6 Å². The molecule has 4 rings (SSSR count). The summed E-state index contributed by atoms with van der Waals surface area (Å²) >= 11 is 0. The summed E-state index contributed by atoms with van der Waals surface area (Å²) in [7, 11) is 0. The minimum absolute atomic E-state index is 0.0809. The molecule has 0 bridgehead atoms. The summed E-state index contributed by atoms with van der Waals surface area (Å²) in [6.07, 6.45) is 6.38. The highest BCUT2D eigenvalue weighted by molar-refractivity contribution is 6.04. The maximum atomic E-state index is 12.3. The molecule has 0 spiro atoms. The zero-order valence-electron chi connectivity index (χ0n) is 23.1. The molecule has 42 heavy (non-hydrogen) atoms. The van der Waals surface area contributed by atoms with E-state index in [1.807, 2.05) is 84.9 Å². The van der Waals surface area contributed by atoms with Gasteiger partial charge in [0.25, 0.3) is 11.8 Å². The lowest BCUT2D eigenvalue weighted by molar-refractivity contribution is -0.124. The van der Waals surface area contributed by atoms with Gasteiger partial charge in [-0.1, -0.05) is 97.1 Å². The fourth-order valence-electron chi connectivity index (χ4n) is 3.76. The first-order valence-corrected chi connectivity index (χ1v) is 13.5. The summed E-state index contributed by atoms with van der Waals surface area (Å²) in [5.74, 6) is 0.552. The molecule has 0 aromatic heterocycles. The average molecular weight is 561 g/mol. The van der Waals surface area contributed by atoms with Crippen molar-refractivity contribution < 1.29 is 23.9 Å². The van der Waals surface area contributed by atoms with Crippen molar-refractivity contribution in [2.24, 2.45) is 0 Å². The molecule has 4 aromatic carbocycles. The standard InChI is InChI=1S/C35H32N2O5/c38-31(17-11-27-13-19-32(20-14-27)41-25-34(39)36-23-29-7-3-1-4-8-29)18-12-28-15-21-33(22-16-28)42-26-35(40)37-24-30-9-5-2-6-10-30/h1-22H,23-26H2,(H,36,39)(H,37,40)/b17-11+,18-12+. The van der Waals surface area contributed by atoms with Crippen LogP contribution in [-0.4, -0.2) is 30.8 Å². The third-order valence-electron chi connectivity index (χ3n) is 6.05. The lowest BCUT2D eigenvalue weighted by Crippen LogP contribution is -2.28. The highest BCUT2D eigenvalue weighted by atomic mass is 16.5. The second kappa shape index (κ2) is 16.0. The summed E-state index contributed by atoms with van der Waals surface area (Å²) in [5, 5.41) is 5.64. The number of hydrogen-bond acceptors (Lipinski definition) is 5. The van der Waals surface area contributed by atoms with Crippen LogP contribution in [-0.2, 0) is 27.5 Å². The summed E-state index contributed by atoms with van der Waals surface area (Å²) in [4.78, 5) is 36.3. The molecule has 212 valence electrons. The van der Waals surface area contributed by atoms with Gasteiger partial charge >= 0.3 is 0 Å². The molecule has 4 aromatic rings. The Morgan fingerprint density at radius 3 is 1.29 bits per heavy atom. The van der Waals surface area contributed by atoms with Gasteiger partial charge in [0.2, 0.25) is 0 Å². The van der Waals surface area contributed by atoms with E-state index in [-0.39, 0.29) is 30.8 Å². The topological polar surface area (TPSA) is 93.7 Å². The smallest absolute Gasteiger partial charge is 0.258 e. The van der Waals surface area contributed by atoms with E-state index < -0.39 is 0 Å². The van der Waals surface area contributed by atoms with E-state index in [2.05, 4.69) is 10.6 Å². The number of rotatable bonds is 14. The molecule has 0 saturated heterocycles. The van der Waals surface area contributed by atoms with Crippen LogP contribution in [0, 0.1) is 0 Å². The molecule has 0 saturated carbocycles. The molecule has 2 N–H and O–H groups in total. The van der Waals surface area contributed by atoms with E-state index in [4.69, 9.17) is 9.47 Å². The number of amides is 2.